The Hall–Kier alpha value is -3.07. The number of hydrogen-bond acceptors (Lipinski definition) is 4. The van der Waals surface area contributed by atoms with Gasteiger partial charge in [-0.1, -0.05) is 91.5 Å². The summed E-state index contributed by atoms with van der Waals surface area (Å²) in [5, 5.41) is 3.30. The van der Waals surface area contributed by atoms with E-state index in [0.717, 1.165) is 28.3 Å². The van der Waals surface area contributed by atoms with Crippen molar-refractivity contribution in [1.29, 1.82) is 0 Å². The SMILES string of the molecule is CCCCNC(=O)C(CC)N(Cc1ccccc1)C(=O)CN(c1cc(Cl)ccc1Cl)S(=O)(=O)c1ccc(C)cc1. The van der Waals surface area contributed by atoms with Gasteiger partial charge >= 0.3 is 0 Å². The number of benzene rings is 3. The molecule has 2 amide bonds. The van der Waals surface area contributed by atoms with Crippen LogP contribution in [-0.4, -0.2) is 44.3 Å². The Kier molecular flexibility index (Phi) is 11.4. The summed E-state index contributed by atoms with van der Waals surface area (Å²) in [4.78, 5) is 28.7. The number of rotatable bonds is 13. The predicted molar refractivity (Wildman–Crippen MR) is 161 cm³/mol. The smallest absolute Gasteiger partial charge is 0.264 e. The zero-order valence-electron chi connectivity index (χ0n) is 22.9. The topological polar surface area (TPSA) is 86.8 Å². The van der Waals surface area contributed by atoms with Crippen LogP contribution in [0.2, 0.25) is 10.0 Å². The van der Waals surface area contributed by atoms with E-state index in [9.17, 15) is 18.0 Å². The van der Waals surface area contributed by atoms with Crippen LogP contribution in [0.3, 0.4) is 0 Å². The van der Waals surface area contributed by atoms with Crippen molar-refractivity contribution in [3.63, 3.8) is 0 Å². The van der Waals surface area contributed by atoms with Gasteiger partial charge in [0, 0.05) is 18.1 Å². The van der Waals surface area contributed by atoms with Crippen molar-refractivity contribution in [2.24, 2.45) is 0 Å². The quantitative estimate of drug-likeness (QED) is 0.235. The molecule has 0 spiro atoms. The minimum absolute atomic E-state index is 0.000835. The van der Waals surface area contributed by atoms with Crippen LogP contribution in [0.15, 0.2) is 77.7 Å². The Morgan fingerprint density at radius 3 is 2.25 bits per heavy atom. The molecular formula is C30H35Cl2N3O4S. The summed E-state index contributed by atoms with van der Waals surface area (Å²) in [5.74, 6) is -0.831. The lowest BCUT2D eigenvalue weighted by Crippen LogP contribution is -2.52. The Labute approximate surface area is 247 Å². The number of nitrogens with zero attached hydrogens (tertiary/aromatic N) is 2. The molecule has 0 radical (unpaired) electrons. The molecule has 1 unspecified atom stereocenters. The van der Waals surface area contributed by atoms with Gasteiger partial charge in [-0.3, -0.25) is 13.9 Å². The zero-order valence-corrected chi connectivity index (χ0v) is 25.3. The van der Waals surface area contributed by atoms with Crippen LogP contribution < -0.4 is 9.62 Å². The van der Waals surface area contributed by atoms with E-state index in [-0.39, 0.29) is 33.1 Å². The van der Waals surface area contributed by atoms with Crippen molar-refractivity contribution in [2.45, 2.75) is 57.5 Å². The Morgan fingerprint density at radius 1 is 0.950 bits per heavy atom. The number of unbranched alkanes of at least 4 members (excludes halogenated alkanes) is 1. The van der Waals surface area contributed by atoms with Crippen molar-refractivity contribution in [3.8, 4) is 0 Å². The van der Waals surface area contributed by atoms with E-state index in [2.05, 4.69) is 5.32 Å². The van der Waals surface area contributed by atoms with E-state index in [1.165, 1.54) is 29.2 Å². The van der Waals surface area contributed by atoms with Gasteiger partial charge in [0.1, 0.15) is 12.6 Å². The van der Waals surface area contributed by atoms with Gasteiger partial charge in [-0.15, -0.1) is 0 Å². The summed E-state index contributed by atoms with van der Waals surface area (Å²) >= 11 is 12.7. The lowest BCUT2D eigenvalue weighted by molar-refractivity contribution is -0.140. The van der Waals surface area contributed by atoms with E-state index >= 15 is 0 Å². The Balaban J connectivity index is 2.06. The van der Waals surface area contributed by atoms with Gasteiger partial charge in [0.05, 0.1) is 15.6 Å². The molecule has 7 nitrogen and oxygen atoms in total. The minimum atomic E-state index is -4.24. The molecule has 0 bridgehead atoms. The van der Waals surface area contributed by atoms with Crippen LogP contribution in [0.5, 0.6) is 0 Å². The predicted octanol–water partition coefficient (Wildman–Crippen LogP) is 6.22. The lowest BCUT2D eigenvalue weighted by atomic mass is 10.1. The van der Waals surface area contributed by atoms with E-state index in [1.807, 2.05) is 51.1 Å². The van der Waals surface area contributed by atoms with Gasteiger partial charge in [0.15, 0.2) is 0 Å². The van der Waals surface area contributed by atoms with Gasteiger partial charge < -0.3 is 10.2 Å². The van der Waals surface area contributed by atoms with Crippen molar-refractivity contribution in [3.05, 3.63) is 94.0 Å². The van der Waals surface area contributed by atoms with Crippen molar-refractivity contribution in [2.75, 3.05) is 17.4 Å². The first-order valence-electron chi connectivity index (χ1n) is 13.2. The standard InChI is InChI=1S/C30H35Cl2N3O4S/c1-4-6-18-33-30(37)27(5-2)34(20-23-10-8-7-9-11-23)29(36)21-35(28-19-24(31)14-17-26(28)32)40(38,39)25-15-12-22(3)13-16-25/h7-17,19,27H,4-6,18,20-21H2,1-3H3,(H,33,37). The first-order chi connectivity index (χ1) is 19.1. The molecule has 0 saturated heterocycles. The number of anilines is 1. The average molecular weight is 605 g/mol. The number of carbonyl (C=O) groups excluding carboxylic acids is 2. The fourth-order valence-electron chi connectivity index (χ4n) is 4.23. The van der Waals surface area contributed by atoms with E-state index in [4.69, 9.17) is 23.2 Å². The summed E-state index contributed by atoms with van der Waals surface area (Å²) in [6, 6.07) is 19.2. The van der Waals surface area contributed by atoms with Crippen LogP contribution >= 0.6 is 23.2 Å². The highest BCUT2D eigenvalue weighted by Gasteiger charge is 2.34. The highest BCUT2D eigenvalue weighted by Crippen LogP contribution is 2.33. The van der Waals surface area contributed by atoms with E-state index in [1.54, 1.807) is 18.2 Å². The van der Waals surface area contributed by atoms with Crippen LogP contribution in [0.25, 0.3) is 0 Å². The highest BCUT2D eigenvalue weighted by molar-refractivity contribution is 7.92. The fourth-order valence-corrected chi connectivity index (χ4v) is 6.09. The maximum absolute atomic E-state index is 14.1. The number of sulfonamides is 1. The van der Waals surface area contributed by atoms with Crippen molar-refractivity contribution in [1.82, 2.24) is 10.2 Å². The maximum Gasteiger partial charge on any atom is 0.264 e. The molecule has 0 heterocycles. The molecule has 214 valence electrons. The third kappa shape index (κ3) is 7.99. The molecule has 0 saturated carbocycles. The summed E-state index contributed by atoms with van der Waals surface area (Å²) < 4.78 is 28.9. The van der Waals surface area contributed by atoms with Crippen LogP contribution in [0.4, 0.5) is 5.69 Å². The number of hydrogen-bond donors (Lipinski definition) is 1. The van der Waals surface area contributed by atoms with Crippen molar-refractivity contribution >= 4 is 50.7 Å². The summed E-state index contributed by atoms with van der Waals surface area (Å²) in [6.07, 6.45) is 2.07. The molecule has 0 aliphatic heterocycles. The molecule has 10 heteroatoms. The number of amides is 2. The van der Waals surface area contributed by atoms with E-state index < -0.39 is 28.5 Å². The summed E-state index contributed by atoms with van der Waals surface area (Å²) in [6.45, 7) is 5.74. The molecule has 1 atom stereocenters. The Bertz CT molecular complexity index is 1400. The number of aryl methyl sites for hydroxylation is 1. The molecule has 3 aromatic carbocycles. The lowest BCUT2D eigenvalue weighted by Gasteiger charge is -2.33. The van der Waals surface area contributed by atoms with Crippen LogP contribution in [0.1, 0.15) is 44.2 Å². The van der Waals surface area contributed by atoms with E-state index in [0.29, 0.717) is 13.0 Å². The Morgan fingerprint density at radius 2 is 1.62 bits per heavy atom. The first-order valence-corrected chi connectivity index (χ1v) is 15.4. The second-order valence-corrected chi connectivity index (χ2v) is 12.2. The summed E-state index contributed by atoms with van der Waals surface area (Å²) in [7, 11) is -4.24. The second kappa shape index (κ2) is 14.5. The largest absolute Gasteiger partial charge is 0.354 e. The monoisotopic (exact) mass is 603 g/mol. The van der Waals surface area contributed by atoms with Gasteiger partial charge in [0.25, 0.3) is 10.0 Å². The number of halogens is 2. The van der Waals surface area contributed by atoms with Gasteiger partial charge in [-0.2, -0.15) is 0 Å². The molecule has 0 aliphatic carbocycles. The molecule has 0 aromatic heterocycles. The highest BCUT2D eigenvalue weighted by atomic mass is 35.5. The maximum atomic E-state index is 14.1. The van der Waals surface area contributed by atoms with Crippen LogP contribution in [-0.2, 0) is 26.2 Å². The van der Waals surface area contributed by atoms with Gasteiger partial charge in [0.2, 0.25) is 11.8 Å². The van der Waals surface area contributed by atoms with Crippen LogP contribution in [0, 0.1) is 6.92 Å². The molecular weight excluding hydrogens is 569 g/mol. The van der Waals surface area contributed by atoms with Gasteiger partial charge in [-0.25, -0.2) is 8.42 Å². The number of carbonyl (C=O) groups is 2. The fraction of sp³-hybridized carbons (Fsp3) is 0.333. The number of nitrogens with one attached hydrogen (secondary N) is 1. The first kappa shape index (κ1) is 31.5. The third-order valence-corrected chi connectivity index (χ3v) is 8.80. The molecule has 1 N–H and O–H groups in total. The molecule has 40 heavy (non-hydrogen) atoms. The third-order valence-electron chi connectivity index (χ3n) is 6.48. The molecule has 0 fully saturated rings. The average Bonchev–Trinajstić information content (AvgIpc) is 2.93. The minimum Gasteiger partial charge on any atom is -0.354 e. The second-order valence-electron chi connectivity index (χ2n) is 9.50. The molecule has 3 rings (SSSR count). The normalized spacial score (nSPS) is 12.0. The summed E-state index contributed by atoms with van der Waals surface area (Å²) in [5.41, 5.74) is 1.77. The molecule has 3 aromatic rings. The van der Waals surface area contributed by atoms with Crippen molar-refractivity contribution < 1.29 is 18.0 Å². The van der Waals surface area contributed by atoms with Gasteiger partial charge in [-0.05, 0) is 55.7 Å². The molecule has 0 aliphatic rings. The zero-order chi connectivity index (χ0) is 29.3.